The van der Waals surface area contributed by atoms with E-state index in [1.807, 2.05) is 0 Å². The number of aromatic hydroxyl groups is 2. The molecule has 0 bridgehead atoms. The summed E-state index contributed by atoms with van der Waals surface area (Å²) in [6.45, 7) is 6.86. The monoisotopic (exact) mass is 1140 g/mol. The molecule has 25 nitrogen and oxygen atoms in total. The molecule has 8 aromatic rings. The van der Waals surface area contributed by atoms with Crippen LogP contribution in [0.2, 0.25) is 0 Å². The van der Waals surface area contributed by atoms with Gasteiger partial charge in [0.25, 0.3) is 40.5 Å². The van der Waals surface area contributed by atoms with E-state index >= 15 is 0 Å². The van der Waals surface area contributed by atoms with Crippen LogP contribution in [-0.4, -0.2) is 69.2 Å². The number of aryl methyl sites for hydroxylation is 4. The number of azo groups is 5. The molecular formula is C49H40N10O15S4. The number of phenols is 2. The van der Waals surface area contributed by atoms with Gasteiger partial charge in [-0.1, -0.05) is 0 Å². The molecule has 0 heterocycles. The Hall–Kier alpha value is -8.68. The van der Waals surface area contributed by atoms with Gasteiger partial charge in [-0.2, -0.15) is 74.6 Å². The smallest absolute Gasteiger partial charge is 0.296 e. The van der Waals surface area contributed by atoms with Gasteiger partial charge in [-0.15, -0.1) is 10.2 Å². The van der Waals surface area contributed by atoms with Crippen LogP contribution in [0.1, 0.15) is 22.3 Å². The molecule has 8 rings (SSSR count). The first-order valence-electron chi connectivity index (χ1n) is 22.2. The molecular weight excluding hydrogens is 1100 g/mol. The third-order valence-electron chi connectivity index (χ3n) is 11.5. The standard InChI is InChI=1S/C49H40N10O15S4/c1-25-14-32(7-11-38(25)54-52-31-8-12-39(26(2)15-31)55-58-42-24-37-30(20-46(42)77(68,69)70)19-35(75(62,63)64)23-45(37)76(65,66)67)53-56-40-16-28(4)41(17-27(40)3)57-59-48-47(78(71,72)73)21-29-18-33(6-10-36(29)49(48)61)50-51-34-9-13-43(60)44(22-34)74-5/h6-24,60-61H,1-5H3,(H,62,63,64)(H,65,66,67)(H,68,69,70)(H,71,72,73). The van der Waals surface area contributed by atoms with Crippen LogP contribution >= 0.6 is 0 Å². The molecule has 0 aromatic heterocycles. The van der Waals surface area contributed by atoms with E-state index in [-0.39, 0.29) is 33.6 Å². The van der Waals surface area contributed by atoms with Gasteiger partial charge >= 0.3 is 0 Å². The fraction of sp³-hybridized carbons (Fsp3) is 0.102. The van der Waals surface area contributed by atoms with Crippen molar-refractivity contribution in [3.8, 4) is 17.2 Å². The first-order chi connectivity index (χ1) is 36.6. The molecule has 0 saturated heterocycles. The highest BCUT2D eigenvalue weighted by Gasteiger charge is 2.26. The average molecular weight is 1140 g/mol. The summed E-state index contributed by atoms with van der Waals surface area (Å²) in [6.07, 6.45) is 0. The van der Waals surface area contributed by atoms with Crippen LogP contribution < -0.4 is 4.74 Å². The van der Waals surface area contributed by atoms with Crippen LogP contribution in [0.3, 0.4) is 0 Å². The maximum absolute atomic E-state index is 12.6. The number of phenolic OH excluding ortho intramolecular Hbond substituents is 2. The topological polar surface area (TPSA) is 391 Å². The lowest BCUT2D eigenvalue weighted by Crippen LogP contribution is -2.05. The van der Waals surface area contributed by atoms with Crippen molar-refractivity contribution in [2.24, 2.45) is 51.1 Å². The molecule has 0 aliphatic heterocycles. The normalized spacial score (nSPS) is 12.9. The van der Waals surface area contributed by atoms with Crippen molar-refractivity contribution in [2.75, 3.05) is 7.11 Å². The highest BCUT2D eigenvalue weighted by atomic mass is 32.2. The Morgan fingerprint density at radius 2 is 0.808 bits per heavy atom. The van der Waals surface area contributed by atoms with Crippen molar-refractivity contribution in [3.05, 3.63) is 138 Å². The van der Waals surface area contributed by atoms with Crippen LogP contribution in [0.15, 0.2) is 186 Å². The first-order valence-corrected chi connectivity index (χ1v) is 27.9. The van der Waals surface area contributed by atoms with E-state index in [0.717, 1.165) is 18.2 Å². The number of benzene rings is 8. The quantitative estimate of drug-likeness (QED) is 0.0410. The van der Waals surface area contributed by atoms with Crippen LogP contribution in [0.4, 0.5) is 56.9 Å². The van der Waals surface area contributed by atoms with Crippen LogP contribution in [0.25, 0.3) is 21.5 Å². The van der Waals surface area contributed by atoms with E-state index in [2.05, 4.69) is 51.1 Å². The fourth-order valence-electron chi connectivity index (χ4n) is 7.57. The second kappa shape index (κ2) is 21.4. The van der Waals surface area contributed by atoms with Crippen LogP contribution in [0.5, 0.6) is 17.2 Å². The van der Waals surface area contributed by atoms with Crippen molar-refractivity contribution >= 4 is 119 Å². The van der Waals surface area contributed by atoms with Crippen molar-refractivity contribution in [2.45, 2.75) is 47.3 Å². The third kappa shape index (κ3) is 12.4. The van der Waals surface area contributed by atoms with Gasteiger partial charge in [-0.25, -0.2) is 0 Å². The highest BCUT2D eigenvalue weighted by Crippen LogP contribution is 2.44. The predicted molar refractivity (Wildman–Crippen MR) is 283 cm³/mol. The van der Waals surface area contributed by atoms with E-state index in [0.29, 0.717) is 68.5 Å². The lowest BCUT2D eigenvalue weighted by Gasteiger charge is -2.10. The molecule has 0 saturated carbocycles. The van der Waals surface area contributed by atoms with Gasteiger partial charge in [0, 0.05) is 16.8 Å². The minimum absolute atomic E-state index is 0.0886. The van der Waals surface area contributed by atoms with Crippen molar-refractivity contribution in [1.82, 2.24) is 0 Å². The lowest BCUT2D eigenvalue weighted by molar-refractivity contribution is 0.373. The van der Waals surface area contributed by atoms with E-state index in [4.69, 9.17) is 4.74 Å². The van der Waals surface area contributed by atoms with E-state index in [1.54, 1.807) is 64.1 Å². The summed E-state index contributed by atoms with van der Waals surface area (Å²) in [5, 5.41) is 62.6. The van der Waals surface area contributed by atoms with Gasteiger partial charge in [-0.3, -0.25) is 18.2 Å². The van der Waals surface area contributed by atoms with Gasteiger partial charge in [0.05, 0.1) is 57.5 Å². The van der Waals surface area contributed by atoms with Gasteiger partial charge < -0.3 is 14.9 Å². The number of hydrogen-bond acceptors (Lipinski definition) is 21. The number of hydrogen-bond donors (Lipinski definition) is 6. The maximum Gasteiger partial charge on any atom is 0.296 e. The molecule has 0 aliphatic carbocycles. The number of ether oxygens (including phenoxy) is 1. The minimum atomic E-state index is -5.15. The van der Waals surface area contributed by atoms with Crippen LogP contribution in [-0.2, 0) is 40.5 Å². The predicted octanol–water partition coefficient (Wildman–Crippen LogP) is 13.7. The molecule has 6 N–H and O–H groups in total. The average Bonchev–Trinajstić information content (AvgIpc) is 3.52. The van der Waals surface area contributed by atoms with Crippen molar-refractivity contribution in [1.29, 1.82) is 0 Å². The first kappa shape index (κ1) is 55.5. The van der Waals surface area contributed by atoms with Crippen molar-refractivity contribution < 1.29 is 66.8 Å². The van der Waals surface area contributed by atoms with E-state index in [9.17, 15) is 62.1 Å². The molecule has 29 heteroatoms. The van der Waals surface area contributed by atoms with Gasteiger partial charge in [0.15, 0.2) is 17.2 Å². The summed E-state index contributed by atoms with van der Waals surface area (Å²) >= 11 is 0. The Bertz CT molecular complexity index is 4460. The fourth-order valence-corrected chi connectivity index (χ4v) is 10.2. The molecule has 0 atom stereocenters. The Kier molecular flexibility index (Phi) is 15.2. The van der Waals surface area contributed by atoms with Crippen molar-refractivity contribution in [3.63, 3.8) is 0 Å². The highest BCUT2D eigenvalue weighted by molar-refractivity contribution is 7.87. The summed E-state index contributed by atoms with van der Waals surface area (Å²) in [4.78, 5) is -3.57. The zero-order chi connectivity index (χ0) is 56.6. The van der Waals surface area contributed by atoms with E-state index < -0.39 is 88.0 Å². The number of methoxy groups -OCH3 is 1. The molecule has 0 unspecified atom stereocenters. The molecule has 400 valence electrons. The molecule has 0 amide bonds. The summed E-state index contributed by atoms with van der Waals surface area (Å²) in [7, 11) is -18.8. The maximum atomic E-state index is 12.6. The Morgan fingerprint density at radius 1 is 0.372 bits per heavy atom. The summed E-state index contributed by atoms with van der Waals surface area (Å²) in [6, 6.07) is 25.6. The van der Waals surface area contributed by atoms with Gasteiger partial charge in [0.1, 0.15) is 26.1 Å². The molecule has 0 radical (unpaired) electrons. The van der Waals surface area contributed by atoms with Gasteiger partial charge in [0.2, 0.25) is 0 Å². The molecule has 0 aliphatic rings. The second-order valence-corrected chi connectivity index (χ2v) is 22.7. The summed E-state index contributed by atoms with van der Waals surface area (Å²) in [5.41, 5.74) is 4.13. The van der Waals surface area contributed by atoms with Crippen LogP contribution in [0, 0.1) is 27.7 Å². The summed E-state index contributed by atoms with van der Waals surface area (Å²) in [5.74, 6) is -0.476. The zero-order valence-electron chi connectivity index (χ0n) is 40.9. The Labute approximate surface area is 443 Å². The number of fused-ring (bicyclic) bond motifs is 2. The summed E-state index contributed by atoms with van der Waals surface area (Å²) < 4.78 is 142. The number of nitrogens with zero attached hydrogens (tertiary/aromatic N) is 10. The van der Waals surface area contributed by atoms with E-state index in [1.165, 1.54) is 55.6 Å². The molecule has 0 spiro atoms. The molecule has 8 aromatic carbocycles. The Morgan fingerprint density at radius 3 is 1.35 bits per heavy atom. The molecule has 0 fully saturated rings. The molecule has 78 heavy (non-hydrogen) atoms. The Balaban J connectivity index is 0.972. The zero-order valence-corrected chi connectivity index (χ0v) is 44.2. The lowest BCUT2D eigenvalue weighted by atomic mass is 10.1. The second-order valence-electron chi connectivity index (χ2n) is 17.1. The number of rotatable bonds is 15. The third-order valence-corrected chi connectivity index (χ3v) is 15.0. The SMILES string of the molecule is COc1cc(N=Nc2ccc3c(O)c(N=Nc4cc(C)c(N=Nc5ccc(N=Nc6ccc(N=Nc7cc8c(S(=O)(=O)O)cc(S(=O)(=O)O)cc8cc7S(=O)(=O)O)c(C)c6)c(C)c5)cc4C)c(S(=O)(=O)O)cc3c2)ccc1O. The largest absolute Gasteiger partial charge is 0.505 e. The minimum Gasteiger partial charge on any atom is -0.505 e. The van der Waals surface area contributed by atoms with Gasteiger partial charge in [-0.05, 0) is 170 Å².